The second kappa shape index (κ2) is 16.9. The SMILES string of the molecule is O=Cc1ccc(C=Cc2ccccc2-c2cccc(-c3ccccc3C=Cc3ccc(C=O)cc3)c2-c2ccccc2C=Cc2ccc(C=O)cc2)cc1. The number of benzene rings is 7. The van der Waals surface area contributed by atoms with Gasteiger partial charge in [-0.15, -0.1) is 0 Å². The minimum absolute atomic E-state index is 0.641. The van der Waals surface area contributed by atoms with E-state index < -0.39 is 0 Å². The molecule has 0 fully saturated rings. The van der Waals surface area contributed by atoms with Crippen LogP contribution in [-0.4, -0.2) is 18.9 Å². The van der Waals surface area contributed by atoms with Crippen molar-refractivity contribution >= 4 is 55.3 Å². The standard InChI is InChI=1S/C51H36O3/c52-34-40-22-16-37(17-23-40)28-31-43-8-1-4-11-46(43)49-14-7-15-50(47-12-5-2-9-44(47)32-29-38-18-24-41(35-53)25-19-38)51(49)48-13-6-3-10-45(48)33-30-39-20-26-42(36-54)27-21-39/h1-36H. The molecule has 7 rings (SSSR count). The zero-order valence-electron chi connectivity index (χ0n) is 29.5. The Morgan fingerprint density at radius 2 is 0.519 bits per heavy atom. The van der Waals surface area contributed by atoms with Gasteiger partial charge in [-0.2, -0.15) is 0 Å². The van der Waals surface area contributed by atoms with Crippen molar-refractivity contribution in [3.63, 3.8) is 0 Å². The summed E-state index contributed by atoms with van der Waals surface area (Å²) >= 11 is 0. The fourth-order valence-electron chi connectivity index (χ4n) is 6.55. The smallest absolute Gasteiger partial charge is 0.150 e. The summed E-state index contributed by atoms with van der Waals surface area (Å²) in [4.78, 5) is 33.7. The summed E-state index contributed by atoms with van der Waals surface area (Å²) in [6.07, 6.45) is 15.2. The Morgan fingerprint density at radius 1 is 0.241 bits per heavy atom. The van der Waals surface area contributed by atoms with Gasteiger partial charge in [0, 0.05) is 16.7 Å². The minimum Gasteiger partial charge on any atom is -0.298 e. The van der Waals surface area contributed by atoms with Gasteiger partial charge < -0.3 is 0 Å². The molecule has 0 radical (unpaired) electrons. The highest BCUT2D eigenvalue weighted by atomic mass is 16.1. The van der Waals surface area contributed by atoms with Crippen LogP contribution in [0.1, 0.15) is 64.5 Å². The number of hydrogen-bond acceptors (Lipinski definition) is 3. The van der Waals surface area contributed by atoms with Crippen LogP contribution in [0.3, 0.4) is 0 Å². The van der Waals surface area contributed by atoms with E-state index in [1.54, 1.807) is 0 Å². The maximum Gasteiger partial charge on any atom is 0.150 e. The highest BCUT2D eigenvalue weighted by molar-refractivity contribution is 6.01. The van der Waals surface area contributed by atoms with Gasteiger partial charge in [-0.1, -0.05) is 200 Å². The van der Waals surface area contributed by atoms with Crippen LogP contribution < -0.4 is 0 Å². The number of carbonyl (C=O) groups is 3. The molecule has 0 aliphatic heterocycles. The number of aldehydes is 3. The molecular formula is C51H36O3. The first-order chi connectivity index (χ1) is 26.6. The Kier molecular flexibility index (Phi) is 11.0. The summed E-state index contributed by atoms with van der Waals surface area (Å²) in [7, 11) is 0. The normalized spacial score (nSPS) is 11.3. The summed E-state index contributed by atoms with van der Waals surface area (Å²) in [6.45, 7) is 0. The van der Waals surface area contributed by atoms with Crippen LogP contribution in [-0.2, 0) is 0 Å². The molecule has 0 aliphatic carbocycles. The van der Waals surface area contributed by atoms with Crippen LogP contribution in [0, 0.1) is 0 Å². The Balaban J connectivity index is 1.40. The summed E-state index contributed by atoms with van der Waals surface area (Å²) in [5, 5.41) is 0. The predicted octanol–water partition coefficient (Wildman–Crippen LogP) is 12.6. The van der Waals surface area contributed by atoms with Crippen molar-refractivity contribution in [3.05, 3.63) is 214 Å². The molecule has 0 bridgehead atoms. The van der Waals surface area contributed by atoms with Crippen molar-refractivity contribution in [3.8, 4) is 33.4 Å². The molecular weight excluding hydrogens is 661 g/mol. The highest BCUT2D eigenvalue weighted by Gasteiger charge is 2.18. The monoisotopic (exact) mass is 696 g/mol. The molecule has 3 nitrogen and oxygen atoms in total. The first kappa shape index (κ1) is 35.2. The second-order valence-corrected chi connectivity index (χ2v) is 12.8. The molecule has 0 heterocycles. The molecule has 258 valence electrons. The Hall–Kier alpha value is -7.23. The van der Waals surface area contributed by atoms with Gasteiger partial charge in [0.25, 0.3) is 0 Å². The Bertz CT molecular complexity index is 2390. The Labute approximate surface area is 315 Å². The molecule has 0 saturated carbocycles. The molecule has 0 amide bonds. The molecule has 54 heavy (non-hydrogen) atoms. The molecule has 0 spiro atoms. The van der Waals surface area contributed by atoms with E-state index in [4.69, 9.17) is 0 Å². The van der Waals surface area contributed by atoms with Crippen molar-refractivity contribution in [2.75, 3.05) is 0 Å². The van der Waals surface area contributed by atoms with Gasteiger partial charge in [-0.3, -0.25) is 14.4 Å². The minimum atomic E-state index is 0.641. The fourth-order valence-corrected chi connectivity index (χ4v) is 6.55. The van der Waals surface area contributed by atoms with Gasteiger partial charge in [0.05, 0.1) is 0 Å². The van der Waals surface area contributed by atoms with Crippen LogP contribution in [0.25, 0.3) is 69.8 Å². The number of rotatable bonds is 12. The summed E-state index contributed by atoms with van der Waals surface area (Å²) in [5.74, 6) is 0. The molecule has 7 aromatic rings. The van der Waals surface area contributed by atoms with Crippen LogP contribution in [0.5, 0.6) is 0 Å². The summed E-state index contributed by atoms with van der Waals surface area (Å²) in [6, 6.07) is 54.5. The molecule has 0 saturated heterocycles. The lowest BCUT2D eigenvalue weighted by Crippen LogP contribution is -1.95. The predicted molar refractivity (Wildman–Crippen MR) is 225 cm³/mol. The summed E-state index contributed by atoms with van der Waals surface area (Å²) < 4.78 is 0. The first-order valence-electron chi connectivity index (χ1n) is 17.7. The van der Waals surface area contributed by atoms with Gasteiger partial charge in [0.1, 0.15) is 18.9 Å². The highest BCUT2D eigenvalue weighted by Crippen LogP contribution is 2.44. The van der Waals surface area contributed by atoms with E-state index in [1.807, 2.05) is 72.8 Å². The number of carbonyl (C=O) groups excluding carboxylic acids is 3. The molecule has 0 aromatic heterocycles. The first-order valence-corrected chi connectivity index (χ1v) is 17.7. The lowest BCUT2D eigenvalue weighted by molar-refractivity contribution is 0.111. The maximum absolute atomic E-state index is 11.3. The van der Waals surface area contributed by atoms with Crippen molar-refractivity contribution < 1.29 is 14.4 Å². The van der Waals surface area contributed by atoms with Crippen molar-refractivity contribution in [1.29, 1.82) is 0 Å². The van der Waals surface area contributed by atoms with E-state index >= 15 is 0 Å². The van der Waals surface area contributed by atoms with E-state index in [1.165, 1.54) is 0 Å². The zero-order valence-corrected chi connectivity index (χ0v) is 29.5. The van der Waals surface area contributed by atoms with Crippen molar-refractivity contribution in [2.45, 2.75) is 0 Å². The van der Waals surface area contributed by atoms with Crippen molar-refractivity contribution in [2.24, 2.45) is 0 Å². The van der Waals surface area contributed by atoms with E-state index in [-0.39, 0.29) is 0 Å². The molecule has 0 aliphatic rings. The van der Waals surface area contributed by atoms with E-state index in [9.17, 15) is 14.4 Å². The van der Waals surface area contributed by atoms with Gasteiger partial charge in [-0.05, 0) is 66.8 Å². The quantitative estimate of drug-likeness (QED) is 0.0944. The third kappa shape index (κ3) is 8.12. The van der Waals surface area contributed by atoms with Crippen molar-refractivity contribution in [1.82, 2.24) is 0 Å². The van der Waals surface area contributed by atoms with Crippen LogP contribution in [0.4, 0.5) is 0 Å². The largest absolute Gasteiger partial charge is 0.298 e. The third-order valence-corrected chi connectivity index (χ3v) is 9.38. The lowest BCUT2D eigenvalue weighted by Gasteiger charge is -2.20. The lowest BCUT2D eigenvalue weighted by atomic mass is 9.83. The van der Waals surface area contributed by atoms with E-state index in [0.29, 0.717) is 16.7 Å². The van der Waals surface area contributed by atoms with Crippen LogP contribution >= 0.6 is 0 Å². The van der Waals surface area contributed by atoms with Crippen LogP contribution in [0.15, 0.2) is 164 Å². The molecule has 3 heteroatoms. The molecule has 7 aromatic carbocycles. The average molecular weight is 697 g/mol. The molecule has 0 atom stereocenters. The Morgan fingerprint density at radius 3 is 0.870 bits per heavy atom. The van der Waals surface area contributed by atoms with E-state index in [2.05, 4.69) is 127 Å². The molecule has 0 unspecified atom stereocenters. The third-order valence-electron chi connectivity index (χ3n) is 9.38. The van der Waals surface area contributed by atoms with Gasteiger partial charge >= 0.3 is 0 Å². The fraction of sp³-hybridized carbons (Fsp3) is 0. The van der Waals surface area contributed by atoms with Crippen LogP contribution in [0.2, 0.25) is 0 Å². The zero-order chi connectivity index (χ0) is 37.1. The maximum atomic E-state index is 11.3. The van der Waals surface area contributed by atoms with Gasteiger partial charge in [0.2, 0.25) is 0 Å². The van der Waals surface area contributed by atoms with E-state index in [0.717, 1.165) is 85.6 Å². The summed E-state index contributed by atoms with van der Waals surface area (Å²) in [5.41, 5.74) is 14.6. The van der Waals surface area contributed by atoms with Gasteiger partial charge in [0.15, 0.2) is 0 Å². The van der Waals surface area contributed by atoms with Gasteiger partial charge in [-0.25, -0.2) is 0 Å². The molecule has 0 N–H and O–H groups in total. The second-order valence-electron chi connectivity index (χ2n) is 12.8. The average Bonchev–Trinajstić information content (AvgIpc) is 3.25. The number of hydrogen-bond donors (Lipinski definition) is 0. The topological polar surface area (TPSA) is 51.2 Å².